The largest absolute Gasteiger partial charge is 0.339 e. The van der Waals surface area contributed by atoms with Gasteiger partial charge in [0, 0.05) is 37.0 Å². The van der Waals surface area contributed by atoms with Crippen molar-refractivity contribution in [1.82, 2.24) is 13.8 Å². The zero-order chi connectivity index (χ0) is 19.6. The lowest BCUT2D eigenvalue weighted by atomic mass is 9.97. The van der Waals surface area contributed by atoms with Gasteiger partial charge in [0.2, 0.25) is 11.3 Å². The molecule has 0 radical (unpaired) electrons. The highest BCUT2D eigenvalue weighted by Gasteiger charge is 2.29. The van der Waals surface area contributed by atoms with Crippen molar-refractivity contribution in [1.29, 1.82) is 0 Å². The normalized spacial score (nSPS) is 17.4. The smallest absolute Gasteiger partial charge is 0.271 e. The number of fused-ring (bicyclic) bond motifs is 2. The summed E-state index contributed by atoms with van der Waals surface area (Å²) >= 11 is 1.16. The summed E-state index contributed by atoms with van der Waals surface area (Å²) in [5.41, 5.74) is 1.14. The summed E-state index contributed by atoms with van der Waals surface area (Å²) in [6.07, 6.45) is 4.39. The van der Waals surface area contributed by atoms with Gasteiger partial charge >= 0.3 is 0 Å². The number of benzene rings is 1. The predicted molar refractivity (Wildman–Crippen MR) is 107 cm³/mol. The first-order valence-corrected chi connectivity index (χ1v) is 10.1. The summed E-state index contributed by atoms with van der Waals surface area (Å²) < 4.78 is 19.6. The van der Waals surface area contributed by atoms with Gasteiger partial charge in [0.1, 0.15) is 16.0 Å². The highest BCUT2D eigenvalue weighted by molar-refractivity contribution is 7.12. The van der Waals surface area contributed by atoms with Gasteiger partial charge in [0.05, 0.1) is 5.52 Å². The van der Waals surface area contributed by atoms with Crippen molar-refractivity contribution in [3.05, 3.63) is 50.2 Å². The fourth-order valence-corrected chi connectivity index (χ4v) is 4.92. The number of rotatable bonds is 2. The van der Waals surface area contributed by atoms with Crippen LogP contribution in [0, 0.1) is 5.82 Å². The minimum Gasteiger partial charge on any atom is -0.339 e. The van der Waals surface area contributed by atoms with Crippen LogP contribution in [0.25, 0.3) is 26.7 Å². The average Bonchev–Trinajstić information content (AvgIpc) is 3.44. The third-order valence-electron chi connectivity index (χ3n) is 5.63. The number of aromatic amines is 1. The first-order chi connectivity index (χ1) is 13.5. The van der Waals surface area contributed by atoms with Crippen LogP contribution in [0.1, 0.15) is 37.8 Å². The standard InChI is InChI=1S/C20H18FN3O3S/c1-10(25)23-6-4-11(5-7-23)13-9-16-14(8-15(13)21)18(26)17-19(27)22-28-20(17)24(16)12-2-3-12/h4,8-9,12H,2-3,5-7H2,1H3,(H,22,27). The van der Waals surface area contributed by atoms with Crippen LogP contribution in [-0.2, 0) is 4.79 Å². The van der Waals surface area contributed by atoms with Crippen LogP contribution >= 0.6 is 11.5 Å². The lowest BCUT2D eigenvalue weighted by molar-refractivity contribution is -0.128. The van der Waals surface area contributed by atoms with Gasteiger partial charge in [-0.2, -0.15) is 0 Å². The summed E-state index contributed by atoms with van der Waals surface area (Å²) in [4.78, 5) is 38.9. The van der Waals surface area contributed by atoms with Crippen molar-refractivity contribution in [2.75, 3.05) is 13.1 Å². The van der Waals surface area contributed by atoms with Crippen LogP contribution in [0.2, 0.25) is 0 Å². The molecule has 0 spiro atoms. The maximum absolute atomic E-state index is 15.0. The monoisotopic (exact) mass is 399 g/mol. The molecule has 28 heavy (non-hydrogen) atoms. The van der Waals surface area contributed by atoms with Crippen molar-refractivity contribution in [3.8, 4) is 0 Å². The number of hydrogen-bond donors (Lipinski definition) is 1. The highest BCUT2D eigenvalue weighted by Crippen LogP contribution is 2.40. The Morgan fingerprint density at radius 3 is 2.71 bits per heavy atom. The van der Waals surface area contributed by atoms with E-state index in [9.17, 15) is 18.8 Å². The molecule has 1 amide bonds. The molecule has 1 aliphatic heterocycles. The second-order valence-corrected chi connectivity index (χ2v) is 8.23. The second kappa shape index (κ2) is 6.13. The van der Waals surface area contributed by atoms with E-state index in [1.165, 1.54) is 13.0 Å². The van der Waals surface area contributed by atoms with Crippen molar-refractivity contribution in [2.45, 2.75) is 32.2 Å². The molecule has 0 saturated heterocycles. The number of H-pyrrole nitrogens is 1. The number of carbonyl (C=O) groups excluding carboxylic acids is 1. The Morgan fingerprint density at radius 1 is 1.29 bits per heavy atom. The van der Waals surface area contributed by atoms with E-state index in [0.29, 0.717) is 35.4 Å². The Morgan fingerprint density at radius 2 is 2.07 bits per heavy atom. The third kappa shape index (κ3) is 2.55. The van der Waals surface area contributed by atoms with Gasteiger partial charge < -0.3 is 9.47 Å². The highest BCUT2D eigenvalue weighted by atomic mass is 32.1. The van der Waals surface area contributed by atoms with E-state index in [4.69, 9.17) is 0 Å². The Bertz CT molecular complexity index is 1300. The van der Waals surface area contributed by atoms with Crippen molar-refractivity contribution in [2.24, 2.45) is 0 Å². The first kappa shape index (κ1) is 17.4. The van der Waals surface area contributed by atoms with E-state index < -0.39 is 16.8 Å². The van der Waals surface area contributed by atoms with Gasteiger partial charge in [0.15, 0.2) is 0 Å². The molecule has 1 saturated carbocycles. The molecule has 3 aromatic rings. The molecule has 0 unspecified atom stereocenters. The molecule has 144 valence electrons. The molecule has 1 N–H and O–H groups in total. The molecule has 8 heteroatoms. The van der Waals surface area contributed by atoms with Crippen LogP contribution < -0.4 is 11.0 Å². The Balaban J connectivity index is 1.76. The Kier molecular flexibility index (Phi) is 3.80. The number of carbonyl (C=O) groups is 1. The van der Waals surface area contributed by atoms with Gasteiger partial charge in [0.25, 0.3) is 5.56 Å². The number of nitrogens with zero attached hydrogens (tertiary/aromatic N) is 2. The molecule has 1 fully saturated rings. The van der Waals surface area contributed by atoms with Crippen molar-refractivity contribution >= 4 is 44.1 Å². The Labute approximate surface area is 163 Å². The number of aromatic nitrogens is 2. The predicted octanol–water partition coefficient (Wildman–Crippen LogP) is 3.01. The number of amides is 1. The maximum Gasteiger partial charge on any atom is 0.271 e. The van der Waals surface area contributed by atoms with Crippen molar-refractivity contribution < 1.29 is 9.18 Å². The quantitative estimate of drug-likeness (QED) is 0.720. The van der Waals surface area contributed by atoms with Crippen LogP contribution in [0.5, 0.6) is 0 Å². The van der Waals surface area contributed by atoms with E-state index in [0.717, 1.165) is 29.9 Å². The van der Waals surface area contributed by atoms with Gasteiger partial charge in [-0.05, 0) is 48.5 Å². The van der Waals surface area contributed by atoms with E-state index in [2.05, 4.69) is 4.37 Å². The van der Waals surface area contributed by atoms with E-state index in [-0.39, 0.29) is 22.7 Å². The number of halogens is 1. The molecule has 1 aromatic carbocycles. The van der Waals surface area contributed by atoms with E-state index >= 15 is 0 Å². The lowest BCUT2D eigenvalue weighted by Crippen LogP contribution is -2.32. The van der Waals surface area contributed by atoms with E-state index in [1.807, 2.05) is 10.6 Å². The van der Waals surface area contributed by atoms with Crippen molar-refractivity contribution in [3.63, 3.8) is 0 Å². The van der Waals surface area contributed by atoms with Gasteiger partial charge in [-0.3, -0.25) is 18.8 Å². The molecular formula is C20H18FN3O3S. The molecule has 3 heterocycles. The van der Waals surface area contributed by atoms with Crippen LogP contribution in [0.15, 0.2) is 27.8 Å². The summed E-state index contributed by atoms with van der Waals surface area (Å²) in [5, 5.41) is 0.358. The topological polar surface area (TPSA) is 75.2 Å². The number of pyridine rings is 1. The van der Waals surface area contributed by atoms with Gasteiger partial charge in [-0.15, -0.1) is 0 Å². The molecule has 2 aliphatic rings. The van der Waals surface area contributed by atoms with Crippen LogP contribution in [-0.4, -0.2) is 32.8 Å². The lowest BCUT2D eigenvalue weighted by Gasteiger charge is -2.26. The van der Waals surface area contributed by atoms with E-state index in [1.54, 1.807) is 11.0 Å². The zero-order valence-electron chi connectivity index (χ0n) is 15.3. The molecular weight excluding hydrogens is 381 g/mol. The van der Waals surface area contributed by atoms with Crippen LogP contribution in [0.3, 0.4) is 0 Å². The first-order valence-electron chi connectivity index (χ1n) is 9.29. The fraction of sp³-hybridized carbons (Fsp3) is 0.350. The summed E-state index contributed by atoms with van der Waals surface area (Å²) in [6.45, 7) is 2.53. The molecule has 6 nitrogen and oxygen atoms in total. The number of nitrogens with one attached hydrogen (secondary N) is 1. The van der Waals surface area contributed by atoms with Gasteiger partial charge in [-0.1, -0.05) is 6.08 Å². The SMILES string of the molecule is CC(=O)N1CC=C(c2cc3c(cc2F)c(=O)c2c(=O)[nH]sc2n3C2CC2)CC1. The summed E-state index contributed by atoms with van der Waals surface area (Å²) in [5.74, 6) is -0.470. The van der Waals surface area contributed by atoms with Gasteiger partial charge in [-0.25, -0.2) is 4.39 Å². The molecule has 0 bridgehead atoms. The minimum absolute atomic E-state index is 0.00149. The third-order valence-corrected chi connectivity index (χ3v) is 6.51. The zero-order valence-corrected chi connectivity index (χ0v) is 16.1. The van der Waals surface area contributed by atoms with Crippen LogP contribution in [0.4, 0.5) is 4.39 Å². The minimum atomic E-state index is -0.472. The Hall–Kier alpha value is -2.74. The summed E-state index contributed by atoms with van der Waals surface area (Å²) in [6, 6.07) is 3.23. The average molecular weight is 399 g/mol. The fourth-order valence-electron chi connectivity index (χ4n) is 3.99. The maximum atomic E-state index is 15.0. The molecule has 0 atom stereocenters. The second-order valence-electron chi connectivity index (χ2n) is 7.44. The molecule has 5 rings (SSSR count). The molecule has 2 aromatic heterocycles. The number of hydrogen-bond acceptors (Lipinski definition) is 4. The summed E-state index contributed by atoms with van der Waals surface area (Å²) in [7, 11) is 0. The molecule has 1 aliphatic carbocycles.